The van der Waals surface area contributed by atoms with Crippen molar-refractivity contribution in [3.8, 4) is 0 Å². The highest BCUT2D eigenvalue weighted by Gasteiger charge is 2.22. The SMILES string of the molecule is Cc1cc(NC2CCCCCC2N)c(Br)cc1[N+](=O)[O-]. The van der Waals surface area contributed by atoms with E-state index in [0.29, 0.717) is 10.0 Å². The summed E-state index contributed by atoms with van der Waals surface area (Å²) >= 11 is 3.41. The van der Waals surface area contributed by atoms with Gasteiger partial charge in [0.1, 0.15) is 0 Å². The number of halogens is 1. The highest BCUT2D eigenvalue weighted by Crippen LogP contribution is 2.32. The van der Waals surface area contributed by atoms with E-state index in [2.05, 4.69) is 21.2 Å². The molecule has 6 heteroatoms. The van der Waals surface area contributed by atoms with Crippen molar-refractivity contribution in [3.63, 3.8) is 0 Å². The summed E-state index contributed by atoms with van der Waals surface area (Å²) in [4.78, 5) is 10.6. The smallest absolute Gasteiger partial charge is 0.273 e. The molecule has 0 aromatic heterocycles. The lowest BCUT2D eigenvalue weighted by Gasteiger charge is -2.24. The number of anilines is 1. The summed E-state index contributed by atoms with van der Waals surface area (Å²) in [5.41, 5.74) is 7.88. The second kappa shape index (κ2) is 6.54. The van der Waals surface area contributed by atoms with Crippen molar-refractivity contribution >= 4 is 27.3 Å². The van der Waals surface area contributed by atoms with Crippen LogP contribution in [0.25, 0.3) is 0 Å². The molecule has 0 saturated heterocycles. The number of nitro groups is 1. The average Bonchev–Trinajstić information content (AvgIpc) is 2.58. The maximum atomic E-state index is 10.9. The largest absolute Gasteiger partial charge is 0.380 e. The van der Waals surface area contributed by atoms with E-state index in [4.69, 9.17) is 5.73 Å². The fraction of sp³-hybridized carbons (Fsp3) is 0.571. The van der Waals surface area contributed by atoms with E-state index in [9.17, 15) is 10.1 Å². The number of rotatable bonds is 3. The lowest BCUT2D eigenvalue weighted by Crippen LogP contribution is -2.39. The van der Waals surface area contributed by atoms with Gasteiger partial charge >= 0.3 is 0 Å². The molecule has 20 heavy (non-hydrogen) atoms. The molecule has 0 bridgehead atoms. The van der Waals surface area contributed by atoms with Crippen LogP contribution >= 0.6 is 15.9 Å². The zero-order chi connectivity index (χ0) is 14.7. The molecule has 1 aliphatic rings. The molecule has 3 N–H and O–H groups in total. The van der Waals surface area contributed by atoms with Crippen LogP contribution in [0, 0.1) is 17.0 Å². The molecule has 1 fully saturated rings. The molecule has 1 aromatic carbocycles. The third kappa shape index (κ3) is 3.49. The van der Waals surface area contributed by atoms with Crippen LogP contribution in [0.4, 0.5) is 11.4 Å². The van der Waals surface area contributed by atoms with Crippen LogP contribution in [-0.2, 0) is 0 Å². The summed E-state index contributed by atoms with van der Waals surface area (Å²) in [7, 11) is 0. The molecule has 1 saturated carbocycles. The van der Waals surface area contributed by atoms with Crippen LogP contribution in [0.15, 0.2) is 16.6 Å². The van der Waals surface area contributed by atoms with Gasteiger partial charge in [-0.15, -0.1) is 0 Å². The second-order valence-electron chi connectivity index (χ2n) is 5.43. The van der Waals surface area contributed by atoms with Gasteiger partial charge in [0.15, 0.2) is 0 Å². The fourth-order valence-electron chi connectivity index (χ4n) is 2.69. The van der Waals surface area contributed by atoms with E-state index in [1.165, 1.54) is 19.3 Å². The number of hydrogen-bond donors (Lipinski definition) is 2. The first kappa shape index (κ1) is 15.3. The van der Waals surface area contributed by atoms with Gasteiger partial charge in [0, 0.05) is 33.9 Å². The average molecular weight is 342 g/mol. The summed E-state index contributed by atoms with van der Waals surface area (Å²) < 4.78 is 0.714. The van der Waals surface area contributed by atoms with E-state index in [1.54, 1.807) is 13.0 Å². The molecule has 0 spiro atoms. The van der Waals surface area contributed by atoms with Gasteiger partial charge in [-0.3, -0.25) is 10.1 Å². The van der Waals surface area contributed by atoms with Crippen LogP contribution in [-0.4, -0.2) is 17.0 Å². The third-order valence-electron chi connectivity index (χ3n) is 3.89. The molecule has 0 amide bonds. The topological polar surface area (TPSA) is 81.2 Å². The lowest BCUT2D eigenvalue weighted by atomic mass is 10.0. The van der Waals surface area contributed by atoms with E-state index in [0.717, 1.165) is 18.5 Å². The number of nitrogens with two attached hydrogens (primary N) is 1. The van der Waals surface area contributed by atoms with Crippen LogP contribution < -0.4 is 11.1 Å². The normalized spacial score (nSPS) is 23.1. The van der Waals surface area contributed by atoms with Gasteiger partial charge in [-0.05, 0) is 41.8 Å². The van der Waals surface area contributed by atoms with Crippen molar-refractivity contribution in [3.05, 3.63) is 32.3 Å². The quantitative estimate of drug-likeness (QED) is 0.498. The zero-order valence-corrected chi connectivity index (χ0v) is 13.1. The molecule has 5 nitrogen and oxygen atoms in total. The van der Waals surface area contributed by atoms with Gasteiger partial charge < -0.3 is 11.1 Å². The molecule has 2 rings (SSSR count). The minimum atomic E-state index is -0.360. The van der Waals surface area contributed by atoms with Crippen LogP contribution in [0.5, 0.6) is 0 Å². The molecule has 110 valence electrons. The monoisotopic (exact) mass is 341 g/mol. The molecule has 2 atom stereocenters. The Balaban J connectivity index is 2.20. The van der Waals surface area contributed by atoms with Gasteiger partial charge in [0.2, 0.25) is 0 Å². The Kier molecular flexibility index (Phi) is 4.99. The zero-order valence-electron chi connectivity index (χ0n) is 11.6. The summed E-state index contributed by atoms with van der Waals surface area (Å²) in [6.45, 7) is 1.75. The van der Waals surface area contributed by atoms with Crippen molar-refractivity contribution in [2.75, 3.05) is 5.32 Å². The minimum absolute atomic E-state index is 0.132. The summed E-state index contributed by atoms with van der Waals surface area (Å²) in [6, 6.07) is 3.74. The highest BCUT2D eigenvalue weighted by atomic mass is 79.9. The standard InChI is InChI=1S/C14H20BrN3O2/c1-9-7-13(10(15)8-14(9)18(19)20)17-12-6-4-2-3-5-11(12)16/h7-8,11-12,17H,2-6,16H2,1H3. The Hall–Kier alpha value is -1.14. The number of nitrogens with zero attached hydrogens (tertiary/aromatic N) is 1. The Morgan fingerprint density at radius 1 is 1.35 bits per heavy atom. The lowest BCUT2D eigenvalue weighted by molar-refractivity contribution is -0.385. The van der Waals surface area contributed by atoms with Crippen LogP contribution in [0.1, 0.15) is 37.7 Å². The molecular weight excluding hydrogens is 322 g/mol. The number of hydrogen-bond acceptors (Lipinski definition) is 4. The molecule has 0 heterocycles. The first-order valence-electron chi connectivity index (χ1n) is 6.95. The van der Waals surface area contributed by atoms with Crippen molar-refractivity contribution < 1.29 is 4.92 Å². The molecule has 0 radical (unpaired) electrons. The number of aryl methyl sites for hydroxylation is 1. The van der Waals surface area contributed by atoms with Crippen molar-refractivity contribution in [2.45, 2.75) is 51.1 Å². The van der Waals surface area contributed by atoms with Gasteiger partial charge in [-0.1, -0.05) is 19.3 Å². The summed E-state index contributed by atoms with van der Waals surface area (Å²) in [5.74, 6) is 0. The van der Waals surface area contributed by atoms with Crippen molar-refractivity contribution in [1.82, 2.24) is 0 Å². The molecule has 0 aliphatic heterocycles. The number of benzene rings is 1. The molecular formula is C14H20BrN3O2. The molecule has 2 unspecified atom stereocenters. The maximum Gasteiger partial charge on any atom is 0.273 e. The van der Waals surface area contributed by atoms with Gasteiger partial charge in [0.25, 0.3) is 5.69 Å². The predicted octanol–water partition coefficient (Wildman–Crippen LogP) is 3.74. The highest BCUT2D eigenvalue weighted by molar-refractivity contribution is 9.10. The van der Waals surface area contributed by atoms with E-state index < -0.39 is 0 Å². The first-order chi connectivity index (χ1) is 9.49. The van der Waals surface area contributed by atoms with Gasteiger partial charge in [0.05, 0.1) is 4.92 Å². The Morgan fingerprint density at radius 3 is 2.75 bits per heavy atom. The van der Waals surface area contributed by atoms with Crippen molar-refractivity contribution in [2.24, 2.45) is 5.73 Å². The van der Waals surface area contributed by atoms with E-state index >= 15 is 0 Å². The Labute approximate surface area is 127 Å². The second-order valence-corrected chi connectivity index (χ2v) is 6.28. The third-order valence-corrected chi connectivity index (χ3v) is 4.55. The Morgan fingerprint density at radius 2 is 2.05 bits per heavy atom. The van der Waals surface area contributed by atoms with Crippen LogP contribution in [0.3, 0.4) is 0 Å². The van der Waals surface area contributed by atoms with Gasteiger partial charge in [-0.2, -0.15) is 0 Å². The summed E-state index contributed by atoms with van der Waals surface area (Å²) in [6.07, 6.45) is 5.66. The number of nitro benzene ring substituents is 1. The van der Waals surface area contributed by atoms with Gasteiger partial charge in [-0.25, -0.2) is 0 Å². The van der Waals surface area contributed by atoms with E-state index in [1.807, 2.05) is 6.07 Å². The van der Waals surface area contributed by atoms with Crippen LogP contribution in [0.2, 0.25) is 0 Å². The summed E-state index contributed by atoms with van der Waals surface area (Å²) in [5, 5.41) is 14.4. The minimum Gasteiger partial charge on any atom is -0.380 e. The fourth-order valence-corrected chi connectivity index (χ4v) is 3.14. The predicted molar refractivity (Wildman–Crippen MR) is 84.0 cm³/mol. The Bertz CT molecular complexity index is 507. The van der Waals surface area contributed by atoms with Crippen molar-refractivity contribution in [1.29, 1.82) is 0 Å². The number of nitrogens with one attached hydrogen (secondary N) is 1. The molecule has 1 aliphatic carbocycles. The first-order valence-corrected chi connectivity index (χ1v) is 7.75. The van der Waals surface area contributed by atoms with E-state index in [-0.39, 0.29) is 22.7 Å². The molecule has 1 aromatic rings. The maximum absolute atomic E-state index is 10.9.